The minimum atomic E-state index is -2.47. The summed E-state index contributed by atoms with van der Waals surface area (Å²) in [5.41, 5.74) is 2.12. The number of ketones is 1. The molecule has 6 nitrogen and oxygen atoms in total. The summed E-state index contributed by atoms with van der Waals surface area (Å²) in [6.45, 7) is 1.96. The zero-order valence-corrected chi connectivity index (χ0v) is 22.5. The lowest BCUT2D eigenvalue weighted by Gasteiger charge is -2.31. The number of hydrogen-bond acceptors (Lipinski definition) is 6. The van der Waals surface area contributed by atoms with Crippen LogP contribution in [0, 0.1) is 11.8 Å². The lowest BCUT2D eigenvalue weighted by molar-refractivity contribution is -0.123. The van der Waals surface area contributed by atoms with Gasteiger partial charge in [0.25, 0.3) is 18.1 Å². The Kier molecular flexibility index (Phi) is 12.2. The number of halogens is 3. The van der Waals surface area contributed by atoms with Crippen molar-refractivity contribution >= 4 is 35.2 Å². The summed E-state index contributed by atoms with van der Waals surface area (Å²) in [4.78, 5) is 28.8. The molecular formula is C27H35ClF2N2O4S. The number of carbonyl (C=O) groups is 2. The van der Waals surface area contributed by atoms with E-state index in [-0.39, 0.29) is 6.47 Å². The predicted molar refractivity (Wildman–Crippen MR) is 141 cm³/mol. The maximum atomic E-state index is 12.5. The van der Waals surface area contributed by atoms with E-state index in [1.165, 1.54) is 35.5 Å². The van der Waals surface area contributed by atoms with Gasteiger partial charge in [0, 0.05) is 35.8 Å². The van der Waals surface area contributed by atoms with Gasteiger partial charge < -0.3 is 9.84 Å². The molecule has 0 atom stereocenters. The third kappa shape index (κ3) is 10.3. The lowest BCUT2D eigenvalue weighted by atomic mass is 9.78. The fourth-order valence-electron chi connectivity index (χ4n) is 5.11. The van der Waals surface area contributed by atoms with Gasteiger partial charge in [0.05, 0.1) is 5.69 Å². The zero-order valence-electron chi connectivity index (χ0n) is 20.9. The summed E-state index contributed by atoms with van der Waals surface area (Å²) in [5.74, 6) is 1.62. The summed E-state index contributed by atoms with van der Waals surface area (Å²) in [6, 6.07) is 7.77. The molecule has 0 radical (unpaired) electrons. The first-order valence-electron chi connectivity index (χ1n) is 12.8. The van der Waals surface area contributed by atoms with E-state index in [0.717, 1.165) is 67.5 Å². The number of aromatic nitrogens is 1. The van der Waals surface area contributed by atoms with Crippen LogP contribution >= 0.6 is 22.9 Å². The van der Waals surface area contributed by atoms with Crippen molar-refractivity contribution in [2.24, 2.45) is 11.8 Å². The molecule has 0 bridgehead atoms. The van der Waals surface area contributed by atoms with Crippen molar-refractivity contribution in [2.45, 2.75) is 70.8 Å². The second kappa shape index (κ2) is 15.3. The van der Waals surface area contributed by atoms with Crippen molar-refractivity contribution in [3.8, 4) is 5.19 Å². The average Bonchev–Trinajstić information content (AvgIpc) is 3.29. The topological polar surface area (TPSA) is 79.7 Å². The van der Waals surface area contributed by atoms with Crippen LogP contribution in [0.5, 0.6) is 5.19 Å². The summed E-state index contributed by atoms with van der Waals surface area (Å²) >= 11 is 7.44. The molecule has 2 aliphatic rings. The first-order chi connectivity index (χ1) is 17.9. The molecule has 0 saturated heterocycles. The predicted octanol–water partition coefficient (Wildman–Crippen LogP) is 6.29. The smallest absolute Gasteiger partial charge is 0.290 e. The quantitative estimate of drug-likeness (QED) is 0.328. The van der Waals surface area contributed by atoms with Crippen LogP contribution in [0.15, 0.2) is 24.3 Å². The number of thiazole rings is 1. The summed E-state index contributed by atoms with van der Waals surface area (Å²) in [7, 11) is 0. The number of Topliss-reactive ketones (excluding diaryl/α,β-unsaturated/α-hetero) is 1. The normalized spacial score (nSPS) is 19.6. The molecule has 10 heteroatoms. The van der Waals surface area contributed by atoms with Gasteiger partial charge >= 0.3 is 0 Å². The van der Waals surface area contributed by atoms with Crippen molar-refractivity contribution in [3.05, 3.63) is 45.4 Å². The molecule has 2 heterocycles. The Balaban J connectivity index is 0.00000121. The van der Waals surface area contributed by atoms with Gasteiger partial charge in [-0.15, -0.1) is 0 Å². The third-order valence-electron chi connectivity index (χ3n) is 7.04. The molecule has 37 heavy (non-hydrogen) atoms. The molecule has 0 unspecified atom stereocenters. The van der Waals surface area contributed by atoms with Gasteiger partial charge in [0.1, 0.15) is 5.78 Å². The number of ether oxygens (including phenoxy) is 1. The first kappa shape index (κ1) is 29.5. The van der Waals surface area contributed by atoms with Crippen LogP contribution in [0.1, 0.15) is 61.1 Å². The fourth-order valence-corrected chi connectivity index (χ4v) is 6.23. The highest BCUT2D eigenvalue weighted by atomic mass is 35.5. The van der Waals surface area contributed by atoms with Gasteiger partial charge in [-0.1, -0.05) is 47.9 Å². The summed E-state index contributed by atoms with van der Waals surface area (Å²) < 4.78 is 29.8. The first-order valence-corrected chi connectivity index (χ1v) is 14.0. The number of benzene rings is 1. The number of carbonyl (C=O) groups excluding carboxylic acids is 1. The van der Waals surface area contributed by atoms with Crippen molar-refractivity contribution in [2.75, 3.05) is 19.7 Å². The van der Waals surface area contributed by atoms with E-state index in [4.69, 9.17) is 26.2 Å². The molecule has 1 aliphatic heterocycles. The Morgan fingerprint density at radius 3 is 2.70 bits per heavy atom. The molecule has 1 aliphatic carbocycles. The van der Waals surface area contributed by atoms with Gasteiger partial charge in [-0.05, 0) is 68.2 Å². The van der Waals surface area contributed by atoms with Crippen molar-refractivity contribution < 1.29 is 28.2 Å². The van der Waals surface area contributed by atoms with E-state index in [0.29, 0.717) is 29.7 Å². The minimum absolute atomic E-state index is 0.250. The molecular weight excluding hydrogens is 522 g/mol. The van der Waals surface area contributed by atoms with E-state index >= 15 is 0 Å². The molecule has 0 amide bonds. The lowest BCUT2D eigenvalue weighted by Crippen LogP contribution is -2.32. The van der Waals surface area contributed by atoms with Gasteiger partial charge in [-0.25, -0.2) is 13.8 Å². The largest absolute Gasteiger partial charge is 0.483 e. The highest BCUT2D eigenvalue weighted by Gasteiger charge is 2.25. The Bertz CT molecular complexity index is 999. The second-order valence-corrected chi connectivity index (χ2v) is 11.2. The Morgan fingerprint density at radius 2 is 2.00 bits per heavy atom. The third-order valence-corrected chi connectivity index (χ3v) is 8.34. The minimum Gasteiger partial charge on any atom is -0.483 e. The Morgan fingerprint density at radius 1 is 1.27 bits per heavy atom. The van der Waals surface area contributed by atoms with Crippen molar-refractivity contribution in [1.29, 1.82) is 0 Å². The molecule has 4 rings (SSSR count). The number of fused-ring (bicyclic) bond motifs is 1. The molecule has 0 spiro atoms. The Hall–Kier alpha value is -2.10. The second-order valence-electron chi connectivity index (χ2n) is 9.73. The van der Waals surface area contributed by atoms with E-state index in [1.54, 1.807) is 0 Å². The highest BCUT2D eigenvalue weighted by Crippen LogP contribution is 2.34. The number of nitrogens with zero attached hydrogens (tertiary/aromatic N) is 2. The van der Waals surface area contributed by atoms with Gasteiger partial charge in [-0.3, -0.25) is 14.5 Å². The number of alkyl halides is 2. The van der Waals surface area contributed by atoms with Crippen LogP contribution in [0.4, 0.5) is 8.78 Å². The van der Waals surface area contributed by atoms with Crippen molar-refractivity contribution in [1.82, 2.24) is 9.88 Å². The van der Waals surface area contributed by atoms with Crippen LogP contribution in [-0.4, -0.2) is 53.4 Å². The van der Waals surface area contributed by atoms with Crippen LogP contribution < -0.4 is 4.74 Å². The summed E-state index contributed by atoms with van der Waals surface area (Å²) in [5, 5.41) is 7.98. The molecule has 1 N–H and O–H groups in total. The van der Waals surface area contributed by atoms with E-state index < -0.39 is 13.0 Å². The number of rotatable bonds is 11. The van der Waals surface area contributed by atoms with Gasteiger partial charge in [-0.2, -0.15) is 0 Å². The average molecular weight is 557 g/mol. The fraction of sp³-hybridized carbons (Fsp3) is 0.593. The molecule has 2 aromatic rings. The van der Waals surface area contributed by atoms with E-state index in [9.17, 15) is 13.6 Å². The van der Waals surface area contributed by atoms with Crippen LogP contribution in [0.2, 0.25) is 5.02 Å². The standard InChI is InChI=1S/C26H33ClF2N2O2S.CH2O2/c27-21-3-1-2-19(14-21)8-9-22(32)15-20-6-4-18(5-7-20)10-12-31-13-11-24-23(16-31)30-26(34-24)33-17-25(28)29;2-1-3/h1-3,14,18,20,25H,4-13,15-17H2;1H,(H,2,3). The maximum Gasteiger partial charge on any atom is 0.290 e. The highest BCUT2D eigenvalue weighted by molar-refractivity contribution is 7.13. The van der Waals surface area contributed by atoms with E-state index in [1.807, 2.05) is 24.3 Å². The zero-order chi connectivity index (χ0) is 26.6. The van der Waals surface area contributed by atoms with Crippen molar-refractivity contribution in [3.63, 3.8) is 0 Å². The van der Waals surface area contributed by atoms with Crippen LogP contribution in [0.3, 0.4) is 0 Å². The monoisotopic (exact) mass is 556 g/mol. The maximum absolute atomic E-state index is 12.5. The van der Waals surface area contributed by atoms with Gasteiger partial charge in [0.2, 0.25) is 0 Å². The molecule has 204 valence electrons. The molecule has 1 aromatic heterocycles. The molecule has 1 aromatic carbocycles. The number of carboxylic acid groups (broad SMARTS) is 1. The molecule has 1 fully saturated rings. The Labute approximate surface area is 226 Å². The van der Waals surface area contributed by atoms with Gasteiger partial charge in [0.15, 0.2) is 6.61 Å². The SMILES string of the molecule is O=C(CCc1cccc(Cl)c1)CC1CCC(CCN2CCc3sc(OCC(F)F)nc3C2)CC1.O=CO. The van der Waals surface area contributed by atoms with E-state index in [2.05, 4.69) is 9.88 Å². The summed E-state index contributed by atoms with van der Waals surface area (Å²) in [6.07, 6.45) is 6.39. The number of aryl methyl sites for hydroxylation is 1. The van der Waals surface area contributed by atoms with Crippen LogP contribution in [0.25, 0.3) is 0 Å². The number of hydrogen-bond donors (Lipinski definition) is 1. The molecule has 1 saturated carbocycles. The van der Waals surface area contributed by atoms with Crippen LogP contribution in [-0.2, 0) is 29.0 Å².